The maximum absolute atomic E-state index is 12.4. The number of carbonyl (C=O) groups excluding carboxylic acids is 1. The minimum atomic E-state index is 0.0415. The first-order valence-electron chi connectivity index (χ1n) is 6.79. The molecular weight excluding hydrogens is 304 g/mol. The van der Waals surface area contributed by atoms with Crippen LogP contribution in [-0.2, 0) is 0 Å². The molecule has 0 radical (unpaired) electrons. The van der Waals surface area contributed by atoms with Gasteiger partial charge >= 0.3 is 0 Å². The van der Waals surface area contributed by atoms with E-state index in [0.717, 1.165) is 30.4 Å². The summed E-state index contributed by atoms with van der Waals surface area (Å²) in [5.41, 5.74) is 0.859. The van der Waals surface area contributed by atoms with Crippen LogP contribution in [0.5, 0.6) is 0 Å². The summed E-state index contributed by atoms with van der Waals surface area (Å²) in [5.74, 6) is 0.739. The van der Waals surface area contributed by atoms with Crippen molar-refractivity contribution in [1.82, 2.24) is 9.88 Å². The zero-order valence-electron chi connectivity index (χ0n) is 11.8. The van der Waals surface area contributed by atoms with Crippen LogP contribution in [0.4, 0.5) is 0 Å². The number of hydrogen-bond acceptors (Lipinski definition) is 2. The molecule has 0 bridgehead atoms. The van der Waals surface area contributed by atoms with E-state index in [9.17, 15) is 4.79 Å². The average Bonchev–Trinajstić information content (AvgIpc) is 2.38. The second kappa shape index (κ2) is 5.61. The third-order valence-corrected chi connectivity index (χ3v) is 4.61. The molecule has 19 heavy (non-hydrogen) atoms. The lowest BCUT2D eigenvalue weighted by Crippen LogP contribution is -2.41. The molecule has 3 nitrogen and oxygen atoms in total. The Morgan fingerprint density at radius 2 is 2.00 bits per heavy atom. The number of rotatable bonds is 1. The summed E-state index contributed by atoms with van der Waals surface area (Å²) < 4.78 is 0.776. The summed E-state index contributed by atoms with van der Waals surface area (Å²) >= 11 is 3.40. The number of halogens is 1. The SMILES string of the molecule is CC(C)(C)C1CCN(C(=O)c2ncccc2Br)CC1. The van der Waals surface area contributed by atoms with E-state index in [1.54, 1.807) is 6.20 Å². The summed E-state index contributed by atoms with van der Waals surface area (Å²) in [4.78, 5) is 18.5. The Bertz CT molecular complexity index is 459. The summed E-state index contributed by atoms with van der Waals surface area (Å²) in [6, 6.07) is 3.69. The van der Waals surface area contributed by atoms with Crippen LogP contribution in [0.1, 0.15) is 44.1 Å². The molecular formula is C15H21BrN2O. The van der Waals surface area contributed by atoms with Gasteiger partial charge in [0.15, 0.2) is 0 Å². The first kappa shape index (κ1) is 14.5. The molecule has 1 aromatic rings. The molecule has 2 heterocycles. The highest BCUT2D eigenvalue weighted by Crippen LogP contribution is 2.34. The zero-order chi connectivity index (χ0) is 14.0. The molecule has 1 aromatic heterocycles. The van der Waals surface area contributed by atoms with Gasteiger partial charge in [-0.05, 0) is 52.2 Å². The Hall–Kier alpha value is -0.900. The van der Waals surface area contributed by atoms with Gasteiger partial charge in [0, 0.05) is 23.8 Å². The fourth-order valence-electron chi connectivity index (χ4n) is 2.64. The predicted molar refractivity (Wildman–Crippen MR) is 80.0 cm³/mol. The van der Waals surface area contributed by atoms with Gasteiger partial charge in [-0.2, -0.15) is 0 Å². The Kier molecular flexibility index (Phi) is 4.29. The summed E-state index contributed by atoms with van der Waals surface area (Å²) in [7, 11) is 0. The average molecular weight is 325 g/mol. The van der Waals surface area contributed by atoms with Crippen LogP contribution in [0.15, 0.2) is 22.8 Å². The van der Waals surface area contributed by atoms with Gasteiger partial charge in [0.2, 0.25) is 0 Å². The topological polar surface area (TPSA) is 33.2 Å². The van der Waals surface area contributed by atoms with Gasteiger partial charge in [0.05, 0.1) is 0 Å². The van der Waals surface area contributed by atoms with E-state index in [0.29, 0.717) is 17.0 Å². The molecule has 1 saturated heterocycles. The lowest BCUT2D eigenvalue weighted by molar-refractivity contribution is 0.0602. The highest BCUT2D eigenvalue weighted by molar-refractivity contribution is 9.10. The molecule has 0 saturated carbocycles. The largest absolute Gasteiger partial charge is 0.337 e. The lowest BCUT2D eigenvalue weighted by atomic mass is 9.75. The van der Waals surface area contributed by atoms with Crippen molar-refractivity contribution in [3.63, 3.8) is 0 Å². The van der Waals surface area contributed by atoms with Crippen molar-refractivity contribution in [2.75, 3.05) is 13.1 Å². The number of hydrogen-bond donors (Lipinski definition) is 0. The Morgan fingerprint density at radius 1 is 1.37 bits per heavy atom. The van der Waals surface area contributed by atoms with Gasteiger partial charge in [-0.15, -0.1) is 0 Å². The maximum Gasteiger partial charge on any atom is 0.273 e. The van der Waals surface area contributed by atoms with E-state index >= 15 is 0 Å². The molecule has 1 fully saturated rings. The van der Waals surface area contributed by atoms with E-state index in [2.05, 4.69) is 41.7 Å². The van der Waals surface area contributed by atoms with Crippen molar-refractivity contribution in [2.45, 2.75) is 33.6 Å². The molecule has 0 N–H and O–H groups in total. The molecule has 0 atom stereocenters. The minimum absolute atomic E-state index is 0.0415. The van der Waals surface area contributed by atoms with Crippen molar-refractivity contribution >= 4 is 21.8 Å². The smallest absolute Gasteiger partial charge is 0.273 e. The molecule has 0 aromatic carbocycles. The highest BCUT2D eigenvalue weighted by Gasteiger charge is 2.31. The summed E-state index contributed by atoms with van der Waals surface area (Å²) in [6.07, 6.45) is 3.83. The van der Waals surface area contributed by atoms with E-state index in [4.69, 9.17) is 0 Å². The quantitative estimate of drug-likeness (QED) is 0.788. The third kappa shape index (κ3) is 3.35. The van der Waals surface area contributed by atoms with E-state index < -0.39 is 0 Å². The molecule has 0 aliphatic carbocycles. The number of amides is 1. The Labute approximate surface area is 123 Å². The monoisotopic (exact) mass is 324 g/mol. The molecule has 0 unspecified atom stereocenters. The van der Waals surface area contributed by atoms with Crippen LogP contribution >= 0.6 is 15.9 Å². The third-order valence-electron chi connectivity index (χ3n) is 3.97. The minimum Gasteiger partial charge on any atom is -0.337 e. The predicted octanol–water partition coefficient (Wildman–Crippen LogP) is 3.74. The van der Waals surface area contributed by atoms with Gasteiger partial charge in [-0.1, -0.05) is 20.8 Å². The Balaban J connectivity index is 2.03. The van der Waals surface area contributed by atoms with Crippen LogP contribution in [0.3, 0.4) is 0 Å². The zero-order valence-corrected chi connectivity index (χ0v) is 13.4. The van der Waals surface area contributed by atoms with Gasteiger partial charge < -0.3 is 4.90 Å². The van der Waals surface area contributed by atoms with Crippen LogP contribution in [0.25, 0.3) is 0 Å². The molecule has 4 heteroatoms. The van der Waals surface area contributed by atoms with Crippen LogP contribution < -0.4 is 0 Å². The number of likely N-dealkylation sites (tertiary alicyclic amines) is 1. The van der Waals surface area contributed by atoms with Gasteiger partial charge in [-0.3, -0.25) is 4.79 Å². The van der Waals surface area contributed by atoms with Gasteiger partial charge in [0.1, 0.15) is 5.69 Å². The molecule has 1 amide bonds. The fourth-order valence-corrected chi connectivity index (χ4v) is 3.07. The van der Waals surface area contributed by atoms with E-state index in [1.807, 2.05) is 17.0 Å². The maximum atomic E-state index is 12.4. The van der Waals surface area contributed by atoms with E-state index in [-0.39, 0.29) is 5.91 Å². The molecule has 1 aliphatic rings. The van der Waals surface area contributed by atoms with Gasteiger partial charge in [0.25, 0.3) is 5.91 Å². The number of piperidine rings is 1. The molecule has 2 rings (SSSR count). The van der Waals surface area contributed by atoms with Crippen LogP contribution in [0, 0.1) is 11.3 Å². The van der Waals surface area contributed by atoms with Crippen molar-refractivity contribution in [2.24, 2.45) is 11.3 Å². The van der Waals surface area contributed by atoms with Crippen molar-refractivity contribution < 1.29 is 4.79 Å². The summed E-state index contributed by atoms with van der Waals surface area (Å²) in [6.45, 7) is 8.52. The molecule has 0 spiro atoms. The number of aromatic nitrogens is 1. The molecule has 1 aliphatic heterocycles. The first-order valence-corrected chi connectivity index (χ1v) is 7.58. The standard InChI is InChI=1S/C15H21BrN2O/c1-15(2,3)11-6-9-18(10-7-11)14(19)13-12(16)5-4-8-17-13/h4-5,8,11H,6-7,9-10H2,1-3H3. The van der Waals surface area contributed by atoms with Crippen molar-refractivity contribution in [3.05, 3.63) is 28.5 Å². The fraction of sp³-hybridized carbons (Fsp3) is 0.600. The normalized spacial score (nSPS) is 17.6. The van der Waals surface area contributed by atoms with Gasteiger partial charge in [-0.25, -0.2) is 4.98 Å². The first-order chi connectivity index (χ1) is 8.89. The second-order valence-electron chi connectivity index (χ2n) is 6.27. The number of carbonyl (C=O) groups is 1. The highest BCUT2D eigenvalue weighted by atomic mass is 79.9. The number of pyridine rings is 1. The van der Waals surface area contributed by atoms with Crippen LogP contribution in [0.2, 0.25) is 0 Å². The van der Waals surface area contributed by atoms with E-state index in [1.165, 1.54) is 0 Å². The Morgan fingerprint density at radius 3 is 2.53 bits per heavy atom. The molecule has 104 valence electrons. The second-order valence-corrected chi connectivity index (χ2v) is 7.12. The summed E-state index contributed by atoms with van der Waals surface area (Å²) in [5, 5.41) is 0. The number of nitrogens with zero attached hydrogens (tertiary/aromatic N) is 2. The van der Waals surface area contributed by atoms with Crippen LogP contribution in [-0.4, -0.2) is 28.9 Å². The lowest BCUT2D eigenvalue weighted by Gasteiger charge is -2.38. The van der Waals surface area contributed by atoms with Crippen molar-refractivity contribution in [1.29, 1.82) is 0 Å². The van der Waals surface area contributed by atoms with Crippen molar-refractivity contribution in [3.8, 4) is 0 Å².